The molecule has 0 atom stereocenters. The molecule has 4 aromatic rings. The van der Waals surface area contributed by atoms with E-state index in [-0.39, 0.29) is 11.7 Å². The van der Waals surface area contributed by atoms with Crippen LogP contribution in [0, 0.1) is 0 Å². The lowest BCUT2D eigenvalue weighted by molar-refractivity contribution is -0.113. The first kappa shape index (κ1) is 17.6. The predicted octanol–water partition coefficient (Wildman–Crippen LogP) is 3.14. The van der Waals surface area contributed by atoms with Gasteiger partial charge in [-0.1, -0.05) is 48.2 Å². The number of nitrogens with zero attached hydrogens (tertiary/aromatic N) is 5. The Morgan fingerprint density at radius 1 is 1.11 bits per heavy atom. The molecule has 4 rings (SSSR count). The summed E-state index contributed by atoms with van der Waals surface area (Å²) < 4.78 is 10.3. The summed E-state index contributed by atoms with van der Waals surface area (Å²) in [6.07, 6.45) is 0.704. The minimum Gasteiger partial charge on any atom is -0.323 e. The van der Waals surface area contributed by atoms with Gasteiger partial charge in [0.25, 0.3) is 0 Å². The largest absolute Gasteiger partial charge is 0.323 e. The molecular weight excluding hydrogens is 380 g/mol. The molecule has 0 fully saturated rings. The molecule has 0 radical (unpaired) electrons. The zero-order valence-electron chi connectivity index (χ0n) is 14.5. The number of hydrogen-bond acceptors (Lipinski definition) is 7. The Balaban J connectivity index is 1.39. The fraction of sp³-hybridized carbons (Fsp3) is 0.167. The third-order valence-electron chi connectivity index (χ3n) is 4.02. The normalized spacial score (nSPS) is 11.0. The fourth-order valence-corrected chi connectivity index (χ4v) is 3.91. The van der Waals surface area contributed by atoms with E-state index in [1.54, 1.807) is 0 Å². The summed E-state index contributed by atoms with van der Waals surface area (Å²) in [6, 6.07) is 15.7. The highest BCUT2D eigenvalue weighted by Crippen LogP contribution is 2.22. The van der Waals surface area contributed by atoms with Crippen LogP contribution in [0.3, 0.4) is 0 Å². The molecule has 2 aromatic carbocycles. The Bertz CT molecular complexity index is 1080. The molecule has 136 valence electrons. The third-order valence-corrected chi connectivity index (χ3v) is 5.59. The zero-order valence-corrected chi connectivity index (χ0v) is 16.1. The molecule has 7 nitrogen and oxygen atoms in total. The van der Waals surface area contributed by atoms with Crippen molar-refractivity contribution in [3.05, 3.63) is 59.9 Å². The maximum Gasteiger partial charge on any atom is 0.234 e. The highest BCUT2D eigenvalue weighted by Gasteiger charge is 2.13. The molecule has 1 amide bonds. The second-order valence-corrected chi connectivity index (χ2v) is 7.37. The smallest absolute Gasteiger partial charge is 0.234 e. The SMILES string of the molecule is Cn1c(Cc2ccccc2)nnc1SCC(=O)Nc1cccc2nsnc12. The van der Waals surface area contributed by atoms with Gasteiger partial charge < -0.3 is 9.88 Å². The second kappa shape index (κ2) is 7.85. The lowest BCUT2D eigenvalue weighted by atomic mass is 10.1. The van der Waals surface area contributed by atoms with Crippen molar-refractivity contribution in [1.82, 2.24) is 23.5 Å². The number of aromatic nitrogens is 5. The zero-order chi connectivity index (χ0) is 18.6. The first-order chi connectivity index (χ1) is 13.2. The number of benzene rings is 2. The van der Waals surface area contributed by atoms with Crippen LogP contribution < -0.4 is 5.32 Å². The lowest BCUT2D eigenvalue weighted by Gasteiger charge is -2.06. The molecule has 2 aromatic heterocycles. The van der Waals surface area contributed by atoms with Crippen LogP contribution in [0.1, 0.15) is 11.4 Å². The van der Waals surface area contributed by atoms with E-state index in [0.29, 0.717) is 22.8 Å². The van der Waals surface area contributed by atoms with Crippen LogP contribution in [0.15, 0.2) is 53.7 Å². The maximum atomic E-state index is 12.3. The molecule has 9 heteroatoms. The first-order valence-electron chi connectivity index (χ1n) is 8.27. The first-order valence-corrected chi connectivity index (χ1v) is 9.98. The van der Waals surface area contributed by atoms with Crippen molar-refractivity contribution >= 4 is 46.1 Å². The number of carbonyl (C=O) groups is 1. The van der Waals surface area contributed by atoms with Gasteiger partial charge >= 0.3 is 0 Å². The molecule has 27 heavy (non-hydrogen) atoms. The molecule has 0 saturated carbocycles. The van der Waals surface area contributed by atoms with Crippen molar-refractivity contribution < 1.29 is 4.79 Å². The van der Waals surface area contributed by atoms with E-state index in [0.717, 1.165) is 23.1 Å². The Labute approximate surface area is 164 Å². The number of carbonyl (C=O) groups excluding carboxylic acids is 1. The summed E-state index contributed by atoms with van der Waals surface area (Å²) in [5.41, 5.74) is 3.34. The molecular formula is C18H16N6OS2. The van der Waals surface area contributed by atoms with Gasteiger partial charge in [-0.05, 0) is 17.7 Å². The Morgan fingerprint density at radius 3 is 2.81 bits per heavy atom. The van der Waals surface area contributed by atoms with Gasteiger partial charge in [0.1, 0.15) is 16.9 Å². The average molecular weight is 397 g/mol. The van der Waals surface area contributed by atoms with Crippen molar-refractivity contribution in [2.75, 3.05) is 11.1 Å². The minimum atomic E-state index is -0.117. The number of fused-ring (bicyclic) bond motifs is 1. The van der Waals surface area contributed by atoms with Gasteiger partial charge in [-0.25, -0.2) is 0 Å². The van der Waals surface area contributed by atoms with E-state index in [4.69, 9.17) is 0 Å². The van der Waals surface area contributed by atoms with E-state index >= 15 is 0 Å². The number of nitrogens with one attached hydrogen (secondary N) is 1. The monoisotopic (exact) mass is 396 g/mol. The van der Waals surface area contributed by atoms with Crippen LogP contribution in [0.5, 0.6) is 0 Å². The van der Waals surface area contributed by atoms with Crippen molar-refractivity contribution in [2.24, 2.45) is 7.05 Å². The summed E-state index contributed by atoms with van der Waals surface area (Å²) in [4.78, 5) is 12.3. The van der Waals surface area contributed by atoms with Gasteiger partial charge in [-0.2, -0.15) is 8.75 Å². The molecule has 0 aliphatic rings. The van der Waals surface area contributed by atoms with Gasteiger partial charge in [0, 0.05) is 13.5 Å². The molecule has 2 heterocycles. The summed E-state index contributed by atoms with van der Waals surface area (Å²) in [5.74, 6) is 0.987. The number of rotatable bonds is 6. The van der Waals surface area contributed by atoms with Crippen molar-refractivity contribution in [1.29, 1.82) is 0 Å². The maximum absolute atomic E-state index is 12.3. The quantitative estimate of drug-likeness (QED) is 0.504. The van der Waals surface area contributed by atoms with Crippen molar-refractivity contribution in [3.63, 3.8) is 0 Å². The highest BCUT2D eigenvalue weighted by molar-refractivity contribution is 7.99. The molecule has 0 spiro atoms. The molecule has 0 aliphatic carbocycles. The van der Waals surface area contributed by atoms with Crippen LogP contribution >= 0.6 is 23.5 Å². The van der Waals surface area contributed by atoms with E-state index < -0.39 is 0 Å². The third kappa shape index (κ3) is 3.99. The predicted molar refractivity (Wildman–Crippen MR) is 107 cm³/mol. The van der Waals surface area contributed by atoms with Crippen LogP contribution in [0.25, 0.3) is 11.0 Å². The van der Waals surface area contributed by atoms with E-state index in [9.17, 15) is 4.79 Å². The molecule has 1 N–H and O–H groups in total. The lowest BCUT2D eigenvalue weighted by Crippen LogP contribution is -2.14. The van der Waals surface area contributed by atoms with Gasteiger partial charge in [-0.15, -0.1) is 10.2 Å². The molecule has 0 aliphatic heterocycles. The highest BCUT2D eigenvalue weighted by atomic mass is 32.2. The van der Waals surface area contributed by atoms with Crippen LogP contribution in [-0.4, -0.2) is 35.2 Å². The summed E-state index contributed by atoms with van der Waals surface area (Å²) in [5, 5.41) is 12.1. The van der Waals surface area contributed by atoms with Crippen LogP contribution in [-0.2, 0) is 18.3 Å². The number of anilines is 1. The van der Waals surface area contributed by atoms with E-state index in [2.05, 4.69) is 36.4 Å². The van der Waals surface area contributed by atoms with Crippen molar-refractivity contribution in [3.8, 4) is 0 Å². The van der Waals surface area contributed by atoms with Crippen molar-refractivity contribution in [2.45, 2.75) is 11.6 Å². The van der Waals surface area contributed by atoms with E-state index in [1.165, 1.54) is 17.3 Å². The van der Waals surface area contributed by atoms with Gasteiger partial charge in [0.15, 0.2) is 5.16 Å². The number of hydrogen-bond donors (Lipinski definition) is 1. The van der Waals surface area contributed by atoms with Gasteiger partial charge in [-0.3, -0.25) is 4.79 Å². The summed E-state index contributed by atoms with van der Waals surface area (Å²) >= 11 is 2.49. The Hall–Kier alpha value is -2.78. The topological polar surface area (TPSA) is 85.6 Å². The Kier molecular flexibility index (Phi) is 5.12. The van der Waals surface area contributed by atoms with Gasteiger partial charge in [0.2, 0.25) is 5.91 Å². The van der Waals surface area contributed by atoms with E-state index in [1.807, 2.05) is 48.0 Å². The standard InChI is InChI=1S/C18H16N6OS2/c1-24-15(10-12-6-3-2-4-7-12)20-21-18(24)26-11-16(25)19-13-8-5-9-14-17(13)23-27-22-14/h2-9H,10-11H2,1H3,(H,19,25). The number of thioether (sulfide) groups is 1. The molecule has 0 bridgehead atoms. The molecule has 0 unspecified atom stereocenters. The van der Waals surface area contributed by atoms with Crippen LogP contribution in [0.2, 0.25) is 0 Å². The van der Waals surface area contributed by atoms with Gasteiger partial charge in [0.05, 0.1) is 23.2 Å². The Morgan fingerprint density at radius 2 is 1.96 bits per heavy atom. The fourth-order valence-electron chi connectivity index (χ4n) is 2.63. The number of amides is 1. The summed E-state index contributed by atoms with van der Waals surface area (Å²) in [6.45, 7) is 0. The minimum absolute atomic E-state index is 0.117. The average Bonchev–Trinajstić information content (AvgIpc) is 3.29. The summed E-state index contributed by atoms with van der Waals surface area (Å²) in [7, 11) is 1.92. The van der Waals surface area contributed by atoms with Crippen LogP contribution in [0.4, 0.5) is 5.69 Å². The second-order valence-electron chi connectivity index (χ2n) is 5.89. The molecule has 0 saturated heterocycles.